The molecule has 1 aromatic carbocycles. The first-order valence-corrected chi connectivity index (χ1v) is 4.83. The summed E-state index contributed by atoms with van der Waals surface area (Å²) in [5.74, 6) is -0.510. The molecule has 0 nitrogen and oxygen atoms in total. The fourth-order valence-electron chi connectivity index (χ4n) is 1.57. The van der Waals surface area contributed by atoms with Crippen molar-refractivity contribution in [2.75, 3.05) is 0 Å². The molecule has 0 aliphatic rings. The summed E-state index contributed by atoms with van der Waals surface area (Å²) < 4.78 is 8.09. The summed E-state index contributed by atoms with van der Waals surface area (Å²) in [7, 11) is 0. The molecule has 13 heavy (non-hydrogen) atoms. The zero-order chi connectivity index (χ0) is 11.0. The Kier molecular flexibility index (Phi) is 2.39. The Morgan fingerprint density at radius 2 is 1.69 bits per heavy atom. The van der Waals surface area contributed by atoms with Crippen LogP contribution in [-0.2, 0) is 5.41 Å². The van der Waals surface area contributed by atoms with E-state index in [0.717, 1.165) is 5.56 Å². The molecule has 0 aliphatic heterocycles. The van der Waals surface area contributed by atoms with Gasteiger partial charge < -0.3 is 0 Å². The van der Waals surface area contributed by atoms with E-state index in [1.165, 1.54) is 5.56 Å². The number of hydrogen-bond donors (Lipinski definition) is 0. The Morgan fingerprint density at radius 3 is 2.08 bits per heavy atom. The third-order valence-corrected chi connectivity index (χ3v) is 2.27. The average Bonchev–Trinajstić information content (AvgIpc) is 2.01. The second kappa shape index (κ2) is 3.53. The molecule has 0 heteroatoms. The van der Waals surface area contributed by atoms with Crippen molar-refractivity contribution >= 4 is 0 Å². The zero-order valence-corrected chi connectivity index (χ0v) is 9.31. The number of benzene rings is 1. The van der Waals surface area contributed by atoms with Crippen molar-refractivity contribution in [3.63, 3.8) is 0 Å². The largest absolute Gasteiger partial charge is 0.0620 e. The second-order valence-corrected chi connectivity index (χ2v) is 4.80. The first kappa shape index (κ1) is 8.80. The smallest absolute Gasteiger partial charge is 0.0347 e. The summed E-state index contributed by atoms with van der Waals surface area (Å²) in [6.45, 7) is 10.5. The maximum absolute atomic E-state index is 8.09. The van der Waals surface area contributed by atoms with Gasteiger partial charge in [0.05, 0.1) is 0 Å². The zero-order valence-electron chi connectivity index (χ0n) is 10.3. The summed E-state index contributed by atoms with van der Waals surface area (Å²) >= 11 is 0. The van der Waals surface area contributed by atoms with Crippen LogP contribution < -0.4 is 0 Å². The van der Waals surface area contributed by atoms with Crippen LogP contribution in [0.15, 0.2) is 24.3 Å². The molecule has 0 aromatic heterocycles. The molecular weight excluding hydrogens is 156 g/mol. The van der Waals surface area contributed by atoms with Crippen LogP contribution in [0.4, 0.5) is 0 Å². The van der Waals surface area contributed by atoms with Crippen molar-refractivity contribution in [3.05, 3.63) is 35.4 Å². The molecule has 1 aromatic rings. The molecule has 0 radical (unpaired) electrons. The van der Waals surface area contributed by atoms with E-state index in [1.54, 1.807) is 0 Å². The van der Waals surface area contributed by atoms with Crippen LogP contribution in [0.5, 0.6) is 0 Å². The van der Waals surface area contributed by atoms with E-state index in [2.05, 4.69) is 39.0 Å². The van der Waals surface area contributed by atoms with E-state index in [4.69, 9.17) is 1.37 Å². The quantitative estimate of drug-likeness (QED) is 0.605. The molecule has 72 valence electrons. The first-order valence-electron chi connectivity index (χ1n) is 5.33. The molecule has 1 rings (SSSR count). The van der Waals surface area contributed by atoms with Crippen LogP contribution in [0.2, 0.25) is 0 Å². The fraction of sp³-hybridized carbons (Fsp3) is 0.538. The lowest BCUT2D eigenvalue weighted by atomic mass is 9.81. The van der Waals surface area contributed by atoms with E-state index < -0.39 is 5.89 Å². The standard InChI is InChI=1S/C13H20/c1-10(2)11-8-6-7-9-12(11)13(3,4)5/h6-10H,1-5H3/i10D. The van der Waals surface area contributed by atoms with E-state index in [0.29, 0.717) is 0 Å². The summed E-state index contributed by atoms with van der Waals surface area (Å²) in [6.07, 6.45) is 0. The summed E-state index contributed by atoms with van der Waals surface area (Å²) in [4.78, 5) is 0. The Hall–Kier alpha value is -0.780. The lowest BCUT2D eigenvalue weighted by Crippen LogP contribution is -2.14. The fourth-order valence-corrected chi connectivity index (χ4v) is 1.57. The van der Waals surface area contributed by atoms with Crippen LogP contribution in [-0.4, -0.2) is 0 Å². The van der Waals surface area contributed by atoms with Gasteiger partial charge in [0.25, 0.3) is 0 Å². The monoisotopic (exact) mass is 177 g/mol. The Labute approximate surface area is 83.4 Å². The molecular formula is C13H20. The normalized spacial score (nSPS) is 14.1. The molecule has 0 aliphatic carbocycles. The molecule has 0 unspecified atom stereocenters. The van der Waals surface area contributed by atoms with E-state index >= 15 is 0 Å². The number of rotatable bonds is 1. The minimum absolute atomic E-state index is 0.120. The van der Waals surface area contributed by atoms with E-state index in [9.17, 15) is 0 Å². The van der Waals surface area contributed by atoms with Crippen LogP contribution in [0, 0.1) is 0 Å². The summed E-state index contributed by atoms with van der Waals surface area (Å²) in [6, 6.07) is 8.26. The minimum atomic E-state index is -0.510. The van der Waals surface area contributed by atoms with Gasteiger partial charge in [-0.25, -0.2) is 0 Å². The predicted molar refractivity (Wildman–Crippen MR) is 59.2 cm³/mol. The van der Waals surface area contributed by atoms with Crippen molar-refractivity contribution in [1.29, 1.82) is 0 Å². The predicted octanol–water partition coefficient (Wildman–Crippen LogP) is 4.11. The molecule has 0 saturated heterocycles. The SMILES string of the molecule is [2H]C(C)(C)c1ccccc1C(C)(C)C. The van der Waals surface area contributed by atoms with Crippen LogP contribution in [0.3, 0.4) is 0 Å². The van der Waals surface area contributed by atoms with Gasteiger partial charge in [0.2, 0.25) is 0 Å². The molecule has 0 atom stereocenters. The molecule has 0 N–H and O–H groups in total. The average molecular weight is 177 g/mol. The number of hydrogen-bond acceptors (Lipinski definition) is 0. The van der Waals surface area contributed by atoms with Gasteiger partial charge in [-0.1, -0.05) is 58.9 Å². The highest BCUT2D eigenvalue weighted by Crippen LogP contribution is 2.29. The van der Waals surface area contributed by atoms with Gasteiger partial charge >= 0.3 is 0 Å². The van der Waals surface area contributed by atoms with Crippen molar-refractivity contribution < 1.29 is 1.37 Å². The topological polar surface area (TPSA) is 0 Å². The molecule has 0 saturated carbocycles. The third kappa shape index (κ3) is 2.33. The highest BCUT2D eigenvalue weighted by atomic mass is 14.2. The van der Waals surface area contributed by atoms with Crippen LogP contribution >= 0.6 is 0 Å². The van der Waals surface area contributed by atoms with Crippen molar-refractivity contribution in [2.45, 2.75) is 45.9 Å². The Balaban J connectivity index is 3.31. The first-order chi connectivity index (χ1) is 6.23. The highest BCUT2D eigenvalue weighted by Gasteiger charge is 2.18. The van der Waals surface area contributed by atoms with Crippen LogP contribution in [0.1, 0.15) is 53.0 Å². The van der Waals surface area contributed by atoms with E-state index in [-0.39, 0.29) is 5.41 Å². The van der Waals surface area contributed by atoms with Gasteiger partial charge in [-0.05, 0) is 22.4 Å². The molecule has 0 bridgehead atoms. The lowest BCUT2D eigenvalue weighted by molar-refractivity contribution is 0.577. The molecule has 0 spiro atoms. The maximum atomic E-state index is 8.09. The molecule has 0 fully saturated rings. The van der Waals surface area contributed by atoms with Gasteiger partial charge in [-0.3, -0.25) is 0 Å². The van der Waals surface area contributed by atoms with E-state index in [1.807, 2.05) is 19.9 Å². The minimum Gasteiger partial charge on any atom is -0.0620 e. The maximum Gasteiger partial charge on any atom is 0.0347 e. The van der Waals surface area contributed by atoms with Crippen molar-refractivity contribution in [3.8, 4) is 0 Å². The lowest BCUT2D eigenvalue weighted by Gasteiger charge is -2.24. The van der Waals surface area contributed by atoms with Crippen LogP contribution in [0.25, 0.3) is 0 Å². The van der Waals surface area contributed by atoms with Gasteiger partial charge in [-0.2, -0.15) is 0 Å². The second-order valence-electron chi connectivity index (χ2n) is 4.80. The van der Waals surface area contributed by atoms with Crippen molar-refractivity contribution in [2.24, 2.45) is 0 Å². The molecule has 0 heterocycles. The summed E-state index contributed by atoms with van der Waals surface area (Å²) in [5.41, 5.74) is 2.53. The van der Waals surface area contributed by atoms with Crippen molar-refractivity contribution in [1.82, 2.24) is 0 Å². The Morgan fingerprint density at radius 1 is 1.15 bits per heavy atom. The third-order valence-electron chi connectivity index (χ3n) is 2.27. The molecule has 0 amide bonds. The van der Waals surface area contributed by atoms with Gasteiger partial charge in [0.15, 0.2) is 0 Å². The van der Waals surface area contributed by atoms with Gasteiger partial charge in [0, 0.05) is 1.37 Å². The van der Waals surface area contributed by atoms with Gasteiger partial charge in [0.1, 0.15) is 0 Å². The highest BCUT2D eigenvalue weighted by molar-refractivity contribution is 5.34. The summed E-state index contributed by atoms with van der Waals surface area (Å²) in [5, 5.41) is 0. The van der Waals surface area contributed by atoms with Gasteiger partial charge in [-0.15, -0.1) is 0 Å². The Bertz CT molecular complexity index is 280.